The van der Waals surface area contributed by atoms with Gasteiger partial charge in [-0.3, -0.25) is 4.79 Å². The molecule has 0 unspecified atom stereocenters. The Balaban J connectivity index is 2.21. The molecule has 3 nitrogen and oxygen atoms in total. The third kappa shape index (κ3) is 2.24. The van der Waals surface area contributed by atoms with Crippen LogP contribution in [0.25, 0.3) is 4.85 Å². The predicted molar refractivity (Wildman–Crippen MR) is 71.5 cm³/mol. The highest BCUT2D eigenvalue weighted by molar-refractivity contribution is 5.77. The van der Waals surface area contributed by atoms with Crippen LogP contribution in [-0.4, -0.2) is 24.9 Å². The number of carbonyl (C=O) groups excluding carboxylic acids is 1. The van der Waals surface area contributed by atoms with Gasteiger partial charge in [-0.15, -0.1) is 0 Å². The number of amides is 1. The molecule has 0 N–H and O–H groups in total. The Morgan fingerprint density at radius 1 is 1.33 bits per heavy atom. The average molecular weight is 242 g/mol. The largest absolute Gasteiger partial charge is 0.349 e. The maximum absolute atomic E-state index is 11.9. The molecule has 1 saturated carbocycles. The highest BCUT2D eigenvalue weighted by Gasteiger charge is 2.40. The zero-order valence-corrected chi connectivity index (χ0v) is 10.9. The highest BCUT2D eigenvalue weighted by atomic mass is 16.2. The van der Waals surface area contributed by atoms with Crippen molar-refractivity contribution in [2.24, 2.45) is 0 Å². The van der Waals surface area contributed by atoms with Gasteiger partial charge < -0.3 is 4.90 Å². The maximum Gasteiger partial charge on any atom is 0.222 e. The predicted octanol–water partition coefficient (Wildman–Crippen LogP) is 3.14. The van der Waals surface area contributed by atoms with Crippen molar-refractivity contribution in [2.45, 2.75) is 31.1 Å². The van der Waals surface area contributed by atoms with Gasteiger partial charge in [-0.1, -0.05) is 30.7 Å². The first-order valence-corrected chi connectivity index (χ1v) is 6.25. The summed E-state index contributed by atoms with van der Waals surface area (Å²) in [5.74, 6) is 0.184. The minimum absolute atomic E-state index is 0.0158. The summed E-state index contributed by atoms with van der Waals surface area (Å²) in [6.07, 6.45) is 3.91. The molecule has 0 radical (unpaired) electrons. The molecule has 1 aliphatic carbocycles. The molecule has 2 rings (SSSR count). The Labute approximate surface area is 108 Å². The lowest BCUT2D eigenvalue weighted by atomic mass is 9.62. The van der Waals surface area contributed by atoms with E-state index in [0.717, 1.165) is 12.8 Å². The van der Waals surface area contributed by atoms with Crippen molar-refractivity contribution in [1.82, 2.24) is 4.90 Å². The van der Waals surface area contributed by atoms with E-state index in [9.17, 15) is 4.79 Å². The van der Waals surface area contributed by atoms with Gasteiger partial charge >= 0.3 is 0 Å². The van der Waals surface area contributed by atoms with E-state index >= 15 is 0 Å². The Hall–Kier alpha value is -1.82. The van der Waals surface area contributed by atoms with Gasteiger partial charge in [0.1, 0.15) is 0 Å². The summed E-state index contributed by atoms with van der Waals surface area (Å²) < 4.78 is 0. The monoisotopic (exact) mass is 242 g/mol. The van der Waals surface area contributed by atoms with Gasteiger partial charge in [0.2, 0.25) is 5.91 Å². The minimum Gasteiger partial charge on any atom is -0.349 e. The smallest absolute Gasteiger partial charge is 0.222 e. The number of hydrogen-bond donors (Lipinski definition) is 0. The lowest BCUT2D eigenvalue weighted by molar-refractivity contribution is -0.130. The van der Waals surface area contributed by atoms with Gasteiger partial charge in [0.05, 0.1) is 6.57 Å². The standard InChI is InChI=1S/C15H18N2O/c1-16-13-7-5-12(6-8-13)15(9-4-10-15)11-14(18)17(2)3/h5-8H,4,9-11H2,2-3H3. The van der Waals surface area contributed by atoms with Crippen molar-refractivity contribution in [2.75, 3.05) is 14.1 Å². The van der Waals surface area contributed by atoms with Gasteiger partial charge in [-0.25, -0.2) is 4.85 Å². The molecule has 0 spiro atoms. The summed E-state index contributed by atoms with van der Waals surface area (Å²) in [6.45, 7) is 6.96. The van der Waals surface area contributed by atoms with E-state index in [-0.39, 0.29) is 11.3 Å². The van der Waals surface area contributed by atoms with Crippen LogP contribution in [0.1, 0.15) is 31.2 Å². The second-order valence-electron chi connectivity index (χ2n) is 5.26. The Bertz CT molecular complexity index is 478. The highest BCUT2D eigenvalue weighted by Crippen LogP contribution is 2.47. The summed E-state index contributed by atoms with van der Waals surface area (Å²) in [7, 11) is 3.60. The SMILES string of the molecule is [C-]#[N+]c1ccc(C2(CC(=O)N(C)C)CCC2)cc1. The van der Waals surface area contributed by atoms with Crippen molar-refractivity contribution in [3.8, 4) is 0 Å². The van der Waals surface area contributed by atoms with Crippen molar-refractivity contribution >= 4 is 11.6 Å². The molecule has 1 amide bonds. The molecule has 0 heterocycles. The first-order valence-electron chi connectivity index (χ1n) is 6.25. The number of benzene rings is 1. The fourth-order valence-corrected chi connectivity index (χ4v) is 2.51. The number of rotatable bonds is 3. The van der Waals surface area contributed by atoms with Crippen LogP contribution >= 0.6 is 0 Å². The van der Waals surface area contributed by atoms with Crippen LogP contribution in [0.15, 0.2) is 24.3 Å². The lowest BCUT2D eigenvalue weighted by Crippen LogP contribution is -2.39. The van der Waals surface area contributed by atoms with Gasteiger partial charge in [0.25, 0.3) is 0 Å². The van der Waals surface area contributed by atoms with E-state index < -0.39 is 0 Å². The number of carbonyl (C=O) groups is 1. The normalized spacial score (nSPS) is 16.5. The van der Waals surface area contributed by atoms with E-state index in [4.69, 9.17) is 6.57 Å². The van der Waals surface area contributed by atoms with Crippen LogP contribution in [0.2, 0.25) is 0 Å². The topological polar surface area (TPSA) is 24.7 Å². The molecule has 0 atom stereocenters. The maximum atomic E-state index is 11.9. The third-order valence-corrected chi connectivity index (χ3v) is 3.91. The van der Waals surface area contributed by atoms with Crippen LogP contribution in [0.5, 0.6) is 0 Å². The van der Waals surface area contributed by atoms with E-state index in [2.05, 4.69) is 4.85 Å². The van der Waals surface area contributed by atoms with Crippen LogP contribution in [0, 0.1) is 6.57 Å². The number of nitrogens with zero attached hydrogens (tertiary/aromatic N) is 2. The van der Waals surface area contributed by atoms with Gasteiger partial charge in [0, 0.05) is 25.9 Å². The molecule has 0 bridgehead atoms. The van der Waals surface area contributed by atoms with Crippen LogP contribution < -0.4 is 0 Å². The molecule has 1 aromatic carbocycles. The summed E-state index contributed by atoms with van der Waals surface area (Å²) in [5, 5.41) is 0. The van der Waals surface area contributed by atoms with Crippen LogP contribution in [0.3, 0.4) is 0 Å². The Kier molecular flexibility index (Phi) is 3.38. The quantitative estimate of drug-likeness (QED) is 0.747. The number of hydrogen-bond acceptors (Lipinski definition) is 1. The van der Waals surface area contributed by atoms with E-state index in [0.29, 0.717) is 12.1 Å². The second kappa shape index (κ2) is 4.81. The fraction of sp³-hybridized carbons (Fsp3) is 0.467. The Morgan fingerprint density at radius 2 is 1.94 bits per heavy atom. The zero-order chi connectivity index (χ0) is 13.2. The van der Waals surface area contributed by atoms with E-state index in [1.54, 1.807) is 19.0 Å². The lowest BCUT2D eigenvalue weighted by Gasteiger charge is -2.42. The second-order valence-corrected chi connectivity index (χ2v) is 5.26. The first-order chi connectivity index (χ1) is 8.57. The summed E-state index contributed by atoms with van der Waals surface area (Å²) in [5.41, 5.74) is 1.88. The molecule has 1 fully saturated rings. The molecule has 94 valence electrons. The summed E-state index contributed by atoms with van der Waals surface area (Å²) in [4.78, 5) is 17.0. The molecule has 0 aliphatic heterocycles. The van der Waals surface area contributed by atoms with Gasteiger partial charge in [0.15, 0.2) is 5.69 Å². The van der Waals surface area contributed by atoms with Crippen molar-refractivity contribution in [3.05, 3.63) is 41.2 Å². The molecule has 1 aliphatic rings. The van der Waals surface area contributed by atoms with E-state index in [1.807, 2.05) is 24.3 Å². The molecule has 1 aromatic rings. The third-order valence-electron chi connectivity index (χ3n) is 3.91. The van der Waals surface area contributed by atoms with Gasteiger partial charge in [-0.05, 0) is 18.4 Å². The average Bonchev–Trinajstić information content (AvgIpc) is 2.33. The molecule has 0 aromatic heterocycles. The fourth-order valence-electron chi connectivity index (χ4n) is 2.51. The first kappa shape index (κ1) is 12.6. The molecule has 3 heteroatoms. The van der Waals surface area contributed by atoms with Crippen LogP contribution in [-0.2, 0) is 10.2 Å². The van der Waals surface area contributed by atoms with Crippen molar-refractivity contribution < 1.29 is 4.79 Å². The Morgan fingerprint density at radius 3 is 2.33 bits per heavy atom. The van der Waals surface area contributed by atoms with E-state index in [1.165, 1.54) is 12.0 Å². The molecular formula is C15H18N2O. The molecular weight excluding hydrogens is 224 g/mol. The minimum atomic E-state index is 0.0158. The molecule has 0 saturated heterocycles. The van der Waals surface area contributed by atoms with Gasteiger partial charge in [-0.2, -0.15) is 0 Å². The molecule has 18 heavy (non-hydrogen) atoms. The zero-order valence-electron chi connectivity index (χ0n) is 10.9. The summed E-state index contributed by atoms with van der Waals surface area (Å²) in [6, 6.07) is 7.72. The van der Waals surface area contributed by atoms with Crippen molar-refractivity contribution in [1.29, 1.82) is 0 Å². The van der Waals surface area contributed by atoms with Crippen molar-refractivity contribution in [3.63, 3.8) is 0 Å². The van der Waals surface area contributed by atoms with Crippen LogP contribution in [0.4, 0.5) is 5.69 Å². The summed E-state index contributed by atoms with van der Waals surface area (Å²) >= 11 is 0.